The summed E-state index contributed by atoms with van der Waals surface area (Å²) in [7, 11) is 0. The van der Waals surface area contributed by atoms with Crippen LogP contribution in [0.15, 0.2) is 24.3 Å². The Morgan fingerprint density at radius 3 is 2.39 bits per heavy atom. The minimum absolute atomic E-state index is 0.293. The Kier molecular flexibility index (Phi) is 10.3. The van der Waals surface area contributed by atoms with Gasteiger partial charge in [0.2, 0.25) is 0 Å². The third-order valence-electron chi connectivity index (χ3n) is 5.96. The minimum Gasteiger partial charge on any atom is -0.373 e. The molecule has 0 unspecified atom stereocenters. The van der Waals surface area contributed by atoms with Crippen molar-refractivity contribution < 1.29 is 23.7 Å². The molecule has 2 aliphatic heterocycles. The van der Waals surface area contributed by atoms with Gasteiger partial charge in [0.05, 0.1) is 0 Å². The molecule has 0 spiro atoms. The minimum atomic E-state index is -0.709. The molecule has 0 saturated carbocycles. The van der Waals surface area contributed by atoms with Gasteiger partial charge >= 0.3 is 6.03 Å². The van der Waals surface area contributed by atoms with Crippen molar-refractivity contribution >= 4 is 23.3 Å². The van der Waals surface area contributed by atoms with Crippen LogP contribution in [0.5, 0.6) is 0 Å². The number of urea groups is 1. The summed E-state index contributed by atoms with van der Waals surface area (Å²) in [6.45, 7) is 6.92. The maximum Gasteiger partial charge on any atom is 0.319 e. The molecule has 2 amide bonds. The Bertz CT molecular complexity index is 730. The predicted molar refractivity (Wildman–Crippen MR) is 130 cm³/mol. The largest absolute Gasteiger partial charge is 0.373 e. The Morgan fingerprint density at radius 1 is 1.03 bits per heavy atom. The maximum atomic E-state index is 12.3. The number of carbonyl (C=O) groups is 1. The monoisotopic (exact) mass is 482 g/mol. The summed E-state index contributed by atoms with van der Waals surface area (Å²) >= 11 is 5.89. The lowest BCUT2D eigenvalue weighted by Crippen LogP contribution is -2.44. The fraction of sp³-hybridized carbons (Fsp3) is 0.720. The van der Waals surface area contributed by atoms with Crippen molar-refractivity contribution in [3.8, 4) is 0 Å². The van der Waals surface area contributed by atoms with E-state index in [2.05, 4.69) is 17.6 Å². The number of rotatable bonds is 13. The lowest BCUT2D eigenvalue weighted by atomic mass is 10.1. The number of nitrogens with one attached hydrogen (secondary N) is 2. The normalized spacial score (nSPS) is 25.7. The first-order valence-corrected chi connectivity index (χ1v) is 12.7. The van der Waals surface area contributed by atoms with E-state index >= 15 is 0 Å². The summed E-state index contributed by atoms with van der Waals surface area (Å²) in [4.78, 5) is 12.3. The van der Waals surface area contributed by atoms with Gasteiger partial charge in [-0.2, -0.15) is 0 Å². The molecular formula is C25H39ClN2O5. The third-order valence-corrected chi connectivity index (χ3v) is 6.21. The second-order valence-corrected chi connectivity index (χ2v) is 9.73. The van der Waals surface area contributed by atoms with Crippen molar-refractivity contribution in [2.75, 3.05) is 18.5 Å². The third kappa shape index (κ3) is 8.41. The number of anilines is 1. The van der Waals surface area contributed by atoms with Gasteiger partial charge in [-0.3, -0.25) is 0 Å². The van der Waals surface area contributed by atoms with Crippen LogP contribution < -0.4 is 10.6 Å². The first-order valence-electron chi connectivity index (χ1n) is 12.3. The van der Waals surface area contributed by atoms with Gasteiger partial charge in [-0.15, -0.1) is 0 Å². The van der Waals surface area contributed by atoms with Crippen molar-refractivity contribution in [1.82, 2.24) is 5.32 Å². The molecule has 1 aromatic rings. The average molecular weight is 483 g/mol. The van der Waals surface area contributed by atoms with Gasteiger partial charge in [0.1, 0.15) is 18.3 Å². The molecule has 2 saturated heterocycles. The highest BCUT2D eigenvalue weighted by atomic mass is 35.5. The van der Waals surface area contributed by atoms with Crippen molar-refractivity contribution in [3.05, 3.63) is 29.3 Å². The summed E-state index contributed by atoms with van der Waals surface area (Å²) in [6.07, 6.45) is 8.52. The molecule has 1 aromatic carbocycles. The van der Waals surface area contributed by atoms with Gasteiger partial charge in [0.15, 0.2) is 12.1 Å². The Labute approximate surface area is 202 Å². The van der Waals surface area contributed by atoms with Crippen molar-refractivity contribution in [1.29, 1.82) is 0 Å². The summed E-state index contributed by atoms with van der Waals surface area (Å²) in [5.74, 6) is -0.709. The van der Waals surface area contributed by atoms with E-state index < -0.39 is 12.1 Å². The standard InChI is InChI=1S/C25H39ClN2O5/c1-4-5-6-7-8-9-10-11-16-30-21-20(31-23-22(21)32-25(2,3)33-23)17-27-24(29)28-19-14-12-18(26)13-15-19/h12-15,20-23H,4-11,16-17H2,1-3H3,(H2,27,28,29)/t20-,21+,22-,23-/m1/s1. The molecule has 3 rings (SSSR count). The van der Waals surface area contributed by atoms with Crippen LogP contribution in [0.25, 0.3) is 0 Å². The SMILES string of the molecule is CCCCCCCCCCO[C@@H]1[C@H]2OC(C)(C)O[C@H]2O[C@@H]1CNC(=O)Nc1ccc(Cl)cc1. The van der Waals surface area contributed by atoms with Gasteiger partial charge in [-0.1, -0.05) is 63.5 Å². The van der Waals surface area contributed by atoms with Gasteiger partial charge in [-0.05, 0) is 44.5 Å². The number of ether oxygens (including phenoxy) is 4. The zero-order chi connectivity index (χ0) is 23.7. The number of halogens is 1. The van der Waals surface area contributed by atoms with Crippen LogP contribution >= 0.6 is 11.6 Å². The second kappa shape index (κ2) is 12.9. The van der Waals surface area contributed by atoms with Crippen LogP contribution in [0.2, 0.25) is 5.02 Å². The first-order chi connectivity index (χ1) is 15.9. The number of fused-ring (bicyclic) bond motifs is 1. The first kappa shape index (κ1) is 26.2. The summed E-state index contributed by atoms with van der Waals surface area (Å²) in [6, 6.07) is 6.63. The van der Waals surface area contributed by atoms with Gasteiger partial charge in [0.25, 0.3) is 0 Å². The zero-order valence-electron chi connectivity index (χ0n) is 20.1. The number of benzene rings is 1. The molecule has 2 heterocycles. The van der Waals surface area contributed by atoms with Crippen LogP contribution in [0.4, 0.5) is 10.5 Å². The molecule has 4 atom stereocenters. The quantitative estimate of drug-likeness (QED) is 0.344. The van der Waals surface area contributed by atoms with Gasteiger partial charge in [0, 0.05) is 23.9 Å². The molecule has 186 valence electrons. The molecule has 2 N–H and O–H groups in total. The van der Waals surface area contributed by atoms with Crippen LogP contribution in [0.3, 0.4) is 0 Å². The van der Waals surface area contributed by atoms with E-state index in [9.17, 15) is 4.79 Å². The van der Waals surface area contributed by atoms with E-state index in [0.29, 0.717) is 23.9 Å². The Balaban J connectivity index is 1.42. The topological polar surface area (TPSA) is 78.1 Å². The van der Waals surface area contributed by atoms with Crippen LogP contribution in [0, 0.1) is 0 Å². The number of hydrogen-bond acceptors (Lipinski definition) is 5. The highest BCUT2D eigenvalue weighted by Crippen LogP contribution is 2.38. The van der Waals surface area contributed by atoms with Crippen molar-refractivity contribution in [2.24, 2.45) is 0 Å². The summed E-state index contributed by atoms with van der Waals surface area (Å²) in [5, 5.41) is 6.27. The fourth-order valence-electron chi connectivity index (χ4n) is 4.27. The van der Waals surface area contributed by atoms with E-state index in [1.165, 1.54) is 38.5 Å². The van der Waals surface area contributed by atoms with Crippen molar-refractivity contribution in [2.45, 2.75) is 103 Å². The van der Waals surface area contributed by atoms with E-state index in [1.807, 2.05) is 13.8 Å². The van der Waals surface area contributed by atoms with Crippen molar-refractivity contribution in [3.63, 3.8) is 0 Å². The van der Waals surface area contributed by atoms with Crippen LogP contribution in [0.1, 0.15) is 72.1 Å². The molecule has 0 aliphatic carbocycles. The van der Waals surface area contributed by atoms with E-state index in [1.54, 1.807) is 24.3 Å². The smallest absolute Gasteiger partial charge is 0.319 e. The zero-order valence-corrected chi connectivity index (χ0v) is 20.9. The molecule has 0 bridgehead atoms. The molecule has 33 heavy (non-hydrogen) atoms. The van der Waals surface area contributed by atoms with E-state index in [0.717, 1.165) is 12.8 Å². The van der Waals surface area contributed by atoms with Gasteiger partial charge < -0.3 is 29.6 Å². The predicted octanol–water partition coefficient (Wildman–Crippen LogP) is 5.86. The maximum absolute atomic E-state index is 12.3. The fourth-order valence-corrected chi connectivity index (χ4v) is 4.40. The molecule has 8 heteroatoms. The van der Waals surface area contributed by atoms with E-state index in [4.69, 9.17) is 30.5 Å². The van der Waals surface area contributed by atoms with Gasteiger partial charge in [-0.25, -0.2) is 4.79 Å². The number of hydrogen-bond donors (Lipinski definition) is 2. The van der Waals surface area contributed by atoms with Crippen LogP contribution in [-0.2, 0) is 18.9 Å². The highest BCUT2D eigenvalue weighted by Gasteiger charge is 2.55. The lowest BCUT2D eigenvalue weighted by Gasteiger charge is -2.26. The summed E-state index contributed by atoms with van der Waals surface area (Å²) < 4.78 is 24.2. The molecule has 0 radical (unpaired) electrons. The molecule has 2 fully saturated rings. The lowest BCUT2D eigenvalue weighted by molar-refractivity contribution is -0.217. The molecule has 2 aliphatic rings. The highest BCUT2D eigenvalue weighted by molar-refractivity contribution is 6.30. The average Bonchev–Trinajstić information content (AvgIpc) is 3.24. The Hall–Kier alpha value is -1.38. The van der Waals surface area contributed by atoms with E-state index in [-0.39, 0.29) is 24.3 Å². The molecule has 7 nitrogen and oxygen atoms in total. The number of carbonyl (C=O) groups excluding carboxylic acids is 1. The number of amides is 2. The Morgan fingerprint density at radius 2 is 1.70 bits per heavy atom. The summed E-state index contributed by atoms with van der Waals surface area (Å²) in [5.41, 5.74) is 0.664. The molecular weight excluding hydrogens is 444 g/mol. The second-order valence-electron chi connectivity index (χ2n) is 9.30. The number of unbranched alkanes of at least 4 members (excludes halogenated alkanes) is 7. The molecule has 0 aromatic heterocycles. The van der Waals surface area contributed by atoms with Crippen LogP contribution in [-0.4, -0.2) is 49.6 Å².